The van der Waals surface area contributed by atoms with Gasteiger partial charge < -0.3 is 10.0 Å². The molecule has 0 amide bonds. The molecule has 0 aliphatic heterocycles. The van der Waals surface area contributed by atoms with E-state index in [1.54, 1.807) is 11.3 Å². The molecule has 5 heteroatoms. The predicted molar refractivity (Wildman–Crippen MR) is 80.1 cm³/mol. The lowest BCUT2D eigenvalue weighted by Crippen LogP contribution is -2.25. The Labute approximate surface area is 119 Å². The van der Waals surface area contributed by atoms with Gasteiger partial charge in [-0.2, -0.15) is 0 Å². The van der Waals surface area contributed by atoms with Crippen LogP contribution in [0.25, 0.3) is 0 Å². The van der Waals surface area contributed by atoms with Crippen molar-refractivity contribution in [1.82, 2.24) is 4.98 Å². The van der Waals surface area contributed by atoms with E-state index in [1.165, 1.54) is 25.7 Å². The summed E-state index contributed by atoms with van der Waals surface area (Å²) in [6.45, 7) is 6.47. The van der Waals surface area contributed by atoms with Crippen molar-refractivity contribution in [3.05, 3.63) is 11.1 Å². The standard InChI is InChI=1S/C14H24N2O2S/c1-3-5-9-16(10-6-4-2)14-15-12(11-19-14)7-8-13(17)18/h11H,3-10H2,1-2H3,(H,17,18). The SMILES string of the molecule is CCCCN(CCCC)c1nc(CCC(=O)O)cs1. The van der Waals surface area contributed by atoms with E-state index in [4.69, 9.17) is 5.11 Å². The van der Waals surface area contributed by atoms with Crippen LogP contribution in [0, 0.1) is 0 Å². The van der Waals surface area contributed by atoms with E-state index in [9.17, 15) is 4.79 Å². The molecule has 0 spiro atoms. The van der Waals surface area contributed by atoms with Crippen LogP contribution >= 0.6 is 11.3 Å². The molecule has 0 aliphatic rings. The number of carbonyl (C=O) groups is 1. The van der Waals surface area contributed by atoms with Gasteiger partial charge in [0.2, 0.25) is 0 Å². The zero-order chi connectivity index (χ0) is 14.1. The molecular weight excluding hydrogens is 260 g/mol. The van der Waals surface area contributed by atoms with Crippen LogP contribution < -0.4 is 4.90 Å². The van der Waals surface area contributed by atoms with Gasteiger partial charge in [-0.05, 0) is 12.8 Å². The van der Waals surface area contributed by atoms with E-state index in [1.807, 2.05) is 5.38 Å². The highest BCUT2D eigenvalue weighted by Gasteiger charge is 2.11. The third kappa shape index (κ3) is 6.05. The lowest BCUT2D eigenvalue weighted by atomic mass is 10.2. The number of rotatable bonds is 10. The smallest absolute Gasteiger partial charge is 0.303 e. The molecule has 1 heterocycles. The van der Waals surface area contributed by atoms with Crippen LogP contribution in [0.3, 0.4) is 0 Å². The van der Waals surface area contributed by atoms with E-state index in [0.717, 1.165) is 23.9 Å². The number of aryl methyl sites for hydroxylation is 1. The van der Waals surface area contributed by atoms with Crippen molar-refractivity contribution in [2.75, 3.05) is 18.0 Å². The van der Waals surface area contributed by atoms with Crippen molar-refractivity contribution in [2.24, 2.45) is 0 Å². The number of anilines is 1. The highest BCUT2D eigenvalue weighted by atomic mass is 32.1. The highest BCUT2D eigenvalue weighted by molar-refractivity contribution is 7.13. The first-order valence-electron chi connectivity index (χ1n) is 7.08. The number of carboxylic acids is 1. The van der Waals surface area contributed by atoms with E-state index >= 15 is 0 Å². The van der Waals surface area contributed by atoms with Crippen LogP contribution in [-0.4, -0.2) is 29.1 Å². The zero-order valence-electron chi connectivity index (χ0n) is 11.9. The van der Waals surface area contributed by atoms with Crippen molar-refractivity contribution in [1.29, 1.82) is 0 Å². The molecule has 0 saturated heterocycles. The molecule has 0 aromatic carbocycles. The minimum Gasteiger partial charge on any atom is -0.481 e. The van der Waals surface area contributed by atoms with Crippen molar-refractivity contribution in [3.8, 4) is 0 Å². The minimum atomic E-state index is -0.761. The maximum Gasteiger partial charge on any atom is 0.303 e. The first kappa shape index (κ1) is 16.0. The molecule has 4 nitrogen and oxygen atoms in total. The van der Waals surface area contributed by atoms with Crippen LogP contribution in [0.2, 0.25) is 0 Å². The van der Waals surface area contributed by atoms with Crippen LogP contribution in [0.15, 0.2) is 5.38 Å². The molecule has 0 radical (unpaired) electrons. The van der Waals surface area contributed by atoms with E-state index in [0.29, 0.717) is 6.42 Å². The van der Waals surface area contributed by atoms with E-state index in [-0.39, 0.29) is 6.42 Å². The maximum atomic E-state index is 10.6. The molecule has 1 N–H and O–H groups in total. The topological polar surface area (TPSA) is 53.4 Å². The number of aliphatic carboxylic acids is 1. The Kier molecular flexibility index (Phi) is 7.48. The largest absolute Gasteiger partial charge is 0.481 e. The molecule has 1 aromatic rings. The minimum absolute atomic E-state index is 0.160. The summed E-state index contributed by atoms with van der Waals surface area (Å²) in [6.07, 6.45) is 5.40. The van der Waals surface area contributed by atoms with Gasteiger partial charge in [0.25, 0.3) is 0 Å². The molecule has 19 heavy (non-hydrogen) atoms. The van der Waals surface area contributed by atoms with Crippen molar-refractivity contribution in [3.63, 3.8) is 0 Å². The van der Waals surface area contributed by atoms with Crippen LogP contribution in [-0.2, 0) is 11.2 Å². The van der Waals surface area contributed by atoms with Gasteiger partial charge in [-0.15, -0.1) is 11.3 Å². The van der Waals surface area contributed by atoms with Gasteiger partial charge in [0.15, 0.2) is 5.13 Å². The van der Waals surface area contributed by atoms with Crippen LogP contribution in [0.1, 0.15) is 51.6 Å². The Morgan fingerprint density at radius 1 is 1.32 bits per heavy atom. The third-order valence-corrected chi connectivity index (χ3v) is 3.92. The molecule has 1 aromatic heterocycles. The first-order valence-corrected chi connectivity index (χ1v) is 7.96. The molecule has 0 aliphatic carbocycles. The van der Waals surface area contributed by atoms with E-state index < -0.39 is 5.97 Å². The number of nitrogens with zero attached hydrogens (tertiary/aromatic N) is 2. The van der Waals surface area contributed by atoms with Crippen molar-refractivity contribution in [2.45, 2.75) is 52.4 Å². The third-order valence-electron chi connectivity index (χ3n) is 2.97. The zero-order valence-corrected chi connectivity index (χ0v) is 12.7. The molecule has 0 saturated carbocycles. The van der Waals surface area contributed by atoms with Crippen molar-refractivity contribution >= 4 is 22.4 Å². The fraction of sp³-hybridized carbons (Fsp3) is 0.714. The summed E-state index contributed by atoms with van der Waals surface area (Å²) >= 11 is 1.63. The summed E-state index contributed by atoms with van der Waals surface area (Å²) in [7, 11) is 0. The number of hydrogen-bond donors (Lipinski definition) is 1. The quantitative estimate of drug-likeness (QED) is 0.713. The Morgan fingerprint density at radius 2 is 1.95 bits per heavy atom. The number of thiazole rings is 1. The Hall–Kier alpha value is -1.10. The average Bonchev–Trinajstić information content (AvgIpc) is 2.85. The second-order valence-corrected chi connectivity index (χ2v) is 5.55. The summed E-state index contributed by atoms with van der Waals surface area (Å²) in [4.78, 5) is 17.5. The molecule has 0 atom stereocenters. The lowest BCUT2D eigenvalue weighted by molar-refractivity contribution is -0.136. The van der Waals surface area contributed by atoms with Gasteiger partial charge in [0.1, 0.15) is 0 Å². The number of unbranched alkanes of at least 4 members (excludes halogenated alkanes) is 2. The van der Waals surface area contributed by atoms with Crippen LogP contribution in [0.5, 0.6) is 0 Å². The molecule has 0 unspecified atom stereocenters. The summed E-state index contributed by atoms with van der Waals surface area (Å²) < 4.78 is 0. The predicted octanol–water partition coefficient (Wildman–Crippen LogP) is 3.57. The number of aromatic nitrogens is 1. The van der Waals surface area contributed by atoms with E-state index in [2.05, 4.69) is 23.7 Å². The molecule has 0 bridgehead atoms. The Bertz CT molecular complexity index is 371. The average molecular weight is 284 g/mol. The van der Waals surface area contributed by atoms with Gasteiger partial charge >= 0.3 is 5.97 Å². The summed E-state index contributed by atoms with van der Waals surface area (Å²) in [6, 6.07) is 0. The second-order valence-electron chi connectivity index (χ2n) is 4.71. The summed E-state index contributed by atoms with van der Waals surface area (Å²) in [5, 5.41) is 11.7. The lowest BCUT2D eigenvalue weighted by Gasteiger charge is -2.21. The normalized spacial score (nSPS) is 10.6. The number of carboxylic acid groups (broad SMARTS) is 1. The molecule has 0 fully saturated rings. The number of hydrogen-bond acceptors (Lipinski definition) is 4. The molecule has 1 rings (SSSR count). The summed E-state index contributed by atoms with van der Waals surface area (Å²) in [5.74, 6) is -0.761. The molecular formula is C14H24N2O2S. The maximum absolute atomic E-state index is 10.6. The monoisotopic (exact) mass is 284 g/mol. The van der Waals surface area contributed by atoms with Gasteiger partial charge in [-0.25, -0.2) is 4.98 Å². The van der Waals surface area contributed by atoms with Gasteiger partial charge in [-0.1, -0.05) is 26.7 Å². The Balaban J connectivity index is 2.59. The van der Waals surface area contributed by atoms with Gasteiger partial charge in [0.05, 0.1) is 12.1 Å². The highest BCUT2D eigenvalue weighted by Crippen LogP contribution is 2.22. The Morgan fingerprint density at radius 3 is 2.47 bits per heavy atom. The van der Waals surface area contributed by atoms with Gasteiger partial charge in [-0.3, -0.25) is 4.79 Å². The van der Waals surface area contributed by atoms with Crippen LogP contribution in [0.4, 0.5) is 5.13 Å². The molecule has 108 valence electrons. The van der Waals surface area contributed by atoms with Gasteiger partial charge in [0, 0.05) is 24.9 Å². The van der Waals surface area contributed by atoms with Crippen molar-refractivity contribution < 1.29 is 9.90 Å². The second kappa shape index (κ2) is 8.91. The fourth-order valence-electron chi connectivity index (χ4n) is 1.79. The first-order chi connectivity index (χ1) is 9.17. The summed E-state index contributed by atoms with van der Waals surface area (Å²) in [5.41, 5.74) is 0.903. The fourth-order valence-corrected chi connectivity index (χ4v) is 2.71.